The molecule has 1 aliphatic carbocycles. The van der Waals surface area contributed by atoms with Crippen LogP contribution in [-0.4, -0.2) is 30.9 Å². The van der Waals surface area contributed by atoms with E-state index in [0.717, 1.165) is 19.3 Å². The van der Waals surface area contributed by atoms with Gasteiger partial charge < -0.3 is 5.11 Å². The molecule has 1 aromatic rings. The fraction of sp³-hybridized carbons (Fsp3) is 0.889. The number of aliphatic hydroxyl groups is 1. The topological polar surface area (TPSA) is 63.8 Å². The van der Waals surface area contributed by atoms with Gasteiger partial charge in [-0.3, -0.25) is 0 Å². The monoisotopic (exact) mass is 196 g/mol. The Morgan fingerprint density at radius 2 is 2.29 bits per heavy atom. The molecule has 14 heavy (non-hydrogen) atoms. The first-order valence-electron chi connectivity index (χ1n) is 5.09. The summed E-state index contributed by atoms with van der Waals surface area (Å²) in [7, 11) is 1.73. The molecule has 1 fully saturated rings. The average Bonchev–Trinajstić information content (AvgIpc) is 2.93. The van der Waals surface area contributed by atoms with Crippen LogP contribution in [0.5, 0.6) is 0 Å². The van der Waals surface area contributed by atoms with Crippen molar-refractivity contribution < 1.29 is 5.11 Å². The lowest BCUT2D eigenvalue weighted by atomic mass is 9.90. The minimum absolute atomic E-state index is 0.441. The van der Waals surface area contributed by atoms with Crippen molar-refractivity contribution in [2.75, 3.05) is 0 Å². The van der Waals surface area contributed by atoms with Gasteiger partial charge in [0, 0.05) is 6.42 Å². The Morgan fingerprint density at radius 3 is 2.71 bits per heavy atom. The summed E-state index contributed by atoms with van der Waals surface area (Å²) in [5.74, 6) is 1.08. The third kappa shape index (κ3) is 1.77. The summed E-state index contributed by atoms with van der Waals surface area (Å²) in [5.41, 5.74) is -0.608. The Kier molecular flexibility index (Phi) is 2.26. The molecular formula is C9H16N4O. The van der Waals surface area contributed by atoms with Gasteiger partial charge in [0.1, 0.15) is 0 Å². The standard InChI is InChI=1S/C9H16N4O/c1-3-9(14,7-4-5-7)6-8-10-12-13(2)11-8/h7,14H,3-6H2,1-2H3. The van der Waals surface area contributed by atoms with E-state index in [0.29, 0.717) is 18.2 Å². The maximum absolute atomic E-state index is 10.3. The van der Waals surface area contributed by atoms with Crippen LogP contribution in [0.4, 0.5) is 0 Å². The van der Waals surface area contributed by atoms with Gasteiger partial charge in [-0.05, 0) is 30.4 Å². The smallest absolute Gasteiger partial charge is 0.177 e. The predicted octanol–water partition coefficient (Wildman–Crippen LogP) is 0.304. The van der Waals surface area contributed by atoms with E-state index in [1.165, 1.54) is 4.80 Å². The molecule has 0 aromatic carbocycles. The summed E-state index contributed by atoms with van der Waals surface area (Å²) in [5, 5.41) is 22.1. The lowest BCUT2D eigenvalue weighted by Gasteiger charge is -2.24. The Hall–Kier alpha value is -0.970. The minimum Gasteiger partial charge on any atom is -0.389 e. The second-order valence-electron chi connectivity index (χ2n) is 4.10. The first kappa shape index (κ1) is 9.58. The summed E-state index contributed by atoms with van der Waals surface area (Å²) in [4.78, 5) is 1.43. The Labute approximate surface area is 83.1 Å². The third-order valence-corrected chi connectivity index (χ3v) is 2.96. The van der Waals surface area contributed by atoms with Crippen molar-refractivity contribution in [3.8, 4) is 0 Å². The molecule has 0 amide bonds. The highest BCUT2D eigenvalue weighted by Gasteiger charge is 2.43. The van der Waals surface area contributed by atoms with Crippen molar-refractivity contribution in [2.24, 2.45) is 13.0 Å². The molecule has 0 aliphatic heterocycles. The zero-order chi connectivity index (χ0) is 10.2. The van der Waals surface area contributed by atoms with Gasteiger partial charge in [0.15, 0.2) is 5.82 Å². The first-order valence-corrected chi connectivity index (χ1v) is 5.09. The van der Waals surface area contributed by atoms with Crippen LogP contribution in [-0.2, 0) is 13.5 Å². The molecule has 1 aromatic heterocycles. The number of tetrazole rings is 1. The molecular weight excluding hydrogens is 180 g/mol. The lowest BCUT2D eigenvalue weighted by Crippen LogP contribution is -2.33. The fourth-order valence-corrected chi connectivity index (χ4v) is 1.85. The number of rotatable bonds is 4. The molecule has 78 valence electrons. The molecule has 0 spiro atoms. The van der Waals surface area contributed by atoms with Gasteiger partial charge in [-0.25, -0.2) is 0 Å². The first-order chi connectivity index (χ1) is 6.64. The van der Waals surface area contributed by atoms with E-state index in [2.05, 4.69) is 15.4 Å². The summed E-state index contributed by atoms with van der Waals surface area (Å²) < 4.78 is 0. The second-order valence-corrected chi connectivity index (χ2v) is 4.10. The molecule has 5 heteroatoms. The molecule has 1 atom stereocenters. The van der Waals surface area contributed by atoms with Crippen molar-refractivity contribution in [1.29, 1.82) is 0 Å². The maximum Gasteiger partial charge on any atom is 0.177 e. The van der Waals surface area contributed by atoms with E-state index in [1.807, 2.05) is 6.92 Å². The van der Waals surface area contributed by atoms with Crippen molar-refractivity contribution in [3.63, 3.8) is 0 Å². The van der Waals surface area contributed by atoms with Crippen LogP contribution in [0, 0.1) is 5.92 Å². The normalized spacial score (nSPS) is 20.8. The Balaban J connectivity index is 2.07. The van der Waals surface area contributed by atoms with Gasteiger partial charge in [-0.15, -0.1) is 10.2 Å². The number of aryl methyl sites for hydroxylation is 1. The average molecular weight is 196 g/mol. The van der Waals surface area contributed by atoms with Gasteiger partial charge in [0.25, 0.3) is 0 Å². The van der Waals surface area contributed by atoms with Gasteiger partial charge >= 0.3 is 0 Å². The highest BCUT2D eigenvalue weighted by molar-refractivity contribution is 4.99. The number of hydrogen-bond acceptors (Lipinski definition) is 4. The second kappa shape index (κ2) is 3.31. The lowest BCUT2D eigenvalue weighted by molar-refractivity contribution is 0.0120. The van der Waals surface area contributed by atoms with Crippen LogP contribution in [0.2, 0.25) is 0 Å². The van der Waals surface area contributed by atoms with Crippen molar-refractivity contribution >= 4 is 0 Å². The van der Waals surface area contributed by atoms with E-state index in [4.69, 9.17) is 0 Å². The van der Waals surface area contributed by atoms with Crippen LogP contribution in [0.15, 0.2) is 0 Å². The van der Waals surface area contributed by atoms with Crippen LogP contribution >= 0.6 is 0 Å². The summed E-state index contributed by atoms with van der Waals surface area (Å²) in [6, 6.07) is 0. The van der Waals surface area contributed by atoms with Crippen molar-refractivity contribution in [2.45, 2.75) is 38.2 Å². The Morgan fingerprint density at radius 1 is 1.57 bits per heavy atom. The number of aromatic nitrogens is 4. The minimum atomic E-state index is -0.608. The van der Waals surface area contributed by atoms with E-state index in [9.17, 15) is 5.11 Å². The fourth-order valence-electron chi connectivity index (χ4n) is 1.85. The van der Waals surface area contributed by atoms with Crippen LogP contribution in [0.3, 0.4) is 0 Å². The third-order valence-electron chi connectivity index (χ3n) is 2.96. The van der Waals surface area contributed by atoms with Gasteiger partial charge in [-0.1, -0.05) is 6.92 Å². The molecule has 2 rings (SSSR count). The van der Waals surface area contributed by atoms with Crippen LogP contribution in [0.25, 0.3) is 0 Å². The van der Waals surface area contributed by atoms with Gasteiger partial charge in [0.05, 0.1) is 12.6 Å². The quantitative estimate of drug-likeness (QED) is 0.752. The van der Waals surface area contributed by atoms with Gasteiger partial charge in [-0.2, -0.15) is 4.80 Å². The van der Waals surface area contributed by atoms with E-state index < -0.39 is 5.60 Å². The van der Waals surface area contributed by atoms with E-state index in [-0.39, 0.29) is 0 Å². The molecule has 1 saturated carbocycles. The predicted molar refractivity (Wildman–Crippen MR) is 50.5 cm³/mol. The number of hydrogen-bond donors (Lipinski definition) is 1. The highest BCUT2D eigenvalue weighted by atomic mass is 16.3. The molecule has 0 radical (unpaired) electrons. The maximum atomic E-state index is 10.3. The van der Waals surface area contributed by atoms with Gasteiger partial charge in [0.2, 0.25) is 0 Å². The van der Waals surface area contributed by atoms with Crippen LogP contribution < -0.4 is 0 Å². The SMILES string of the molecule is CCC(O)(Cc1nnn(C)n1)C1CC1. The zero-order valence-electron chi connectivity index (χ0n) is 8.64. The molecule has 0 bridgehead atoms. The van der Waals surface area contributed by atoms with Crippen molar-refractivity contribution in [3.05, 3.63) is 5.82 Å². The van der Waals surface area contributed by atoms with Crippen molar-refractivity contribution in [1.82, 2.24) is 20.2 Å². The van der Waals surface area contributed by atoms with E-state index in [1.54, 1.807) is 7.05 Å². The summed E-state index contributed by atoms with van der Waals surface area (Å²) >= 11 is 0. The molecule has 1 unspecified atom stereocenters. The van der Waals surface area contributed by atoms with E-state index >= 15 is 0 Å². The largest absolute Gasteiger partial charge is 0.389 e. The molecule has 1 aliphatic rings. The molecule has 1 N–H and O–H groups in total. The van der Waals surface area contributed by atoms with Crippen LogP contribution in [0.1, 0.15) is 32.0 Å². The molecule has 5 nitrogen and oxygen atoms in total. The summed E-state index contributed by atoms with van der Waals surface area (Å²) in [6.45, 7) is 2.01. The Bertz CT molecular complexity index is 320. The highest BCUT2D eigenvalue weighted by Crippen LogP contribution is 2.42. The molecule has 0 saturated heterocycles. The number of nitrogens with zero attached hydrogens (tertiary/aromatic N) is 4. The zero-order valence-corrected chi connectivity index (χ0v) is 8.64. The summed E-state index contributed by atoms with van der Waals surface area (Å²) in [6.07, 6.45) is 3.55. The molecule has 1 heterocycles.